The number of hydrogen-bond donors (Lipinski definition) is 2. The first kappa shape index (κ1) is 33.7. The number of likely N-dealkylation sites (tertiary alicyclic amines) is 1. The third-order valence-electron chi connectivity index (χ3n) is 8.53. The summed E-state index contributed by atoms with van der Waals surface area (Å²) in [5.41, 5.74) is 0.612. The molecule has 3 aliphatic rings. The van der Waals surface area contributed by atoms with Crippen molar-refractivity contribution in [2.24, 2.45) is 0 Å². The highest BCUT2D eigenvalue weighted by atomic mass is 16.6. The predicted molar refractivity (Wildman–Crippen MR) is 168 cm³/mol. The lowest BCUT2D eigenvalue weighted by molar-refractivity contribution is -0.140. The van der Waals surface area contributed by atoms with Gasteiger partial charge in [0.15, 0.2) is 12.3 Å². The Kier molecular flexibility index (Phi) is 11.7. The van der Waals surface area contributed by atoms with E-state index in [1.54, 1.807) is 34.1 Å². The molecule has 1 unspecified atom stereocenters. The molecule has 2 aromatic rings. The molecule has 0 bridgehead atoms. The van der Waals surface area contributed by atoms with E-state index in [-0.39, 0.29) is 55.1 Å². The highest BCUT2D eigenvalue weighted by Crippen LogP contribution is 2.23. The number of aromatic nitrogens is 2. The number of piperazine rings is 1. The number of carbonyl (C=O) groups excluding carboxylic acids is 5. The van der Waals surface area contributed by atoms with E-state index in [2.05, 4.69) is 15.7 Å². The number of benzene rings is 1. The molecule has 1 saturated carbocycles. The van der Waals surface area contributed by atoms with E-state index < -0.39 is 18.0 Å². The minimum absolute atomic E-state index is 0.00245. The number of ether oxygens (including phenoxy) is 3. The van der Waals surface area contributed by atoms with Crippen LogP contribution in [0.1, 0.15) is 49.5 Å². The van der Waals surface area contributed by atoms with E-state index in [1.807, 2.05) is 13.0 Å². The molecular weight excluding hydrogens is 610 g/mol. The van der Waals surface area contributed by atoms with Crippen molar-refractivity contribution in [1.29, 1.82) is 0 Å². The second kappa shape index (κ2) is 16.3. The van der Waals surface area contributed by atoms with Crippen molar-refractivity contribution in [3.8, 4) is 11.6 Å². The second-order valence-electron chi connectivity index (χ2n) is 11.6. The summed E-state index contributed by atoms with van der Waals surface area (Å²) in [6.45, 7) is 4.02. The molecular formula is C32H43N7O8. The fourth-order valence-electron chi connectivity index (χ4n) is 5.66. The molecule has 3 heterocycles. The van der Waals surface area contributed by atoms with E-state index in [1.165, 1.54) is 15.6 Å². The summed E-state index contributed by atoms with van der Waals surface area (Å²) < 4.78 is 17.7. The van der Waals surface area contributed by atoms with Gasteiger partial charge < -0.3 is 39.5 Å². The summed E-state index contributed by atoms with van der Waals surface area (Å²) in [6, 6.07) is 10.1. The van der Waals surface area contributed by atoms with Crippen LogP contribution >= 0.6 is 0 Å². The Bertz CT molecular complexity index is 1410. The molecule has 2 saturated heterocycles. The van der Waals surface area contributed by atoms with Gasteiger partial charge in [-0.1, -0.05) is 18.2 Å². The molecule has 2 N–H and O–H groups in total. The van der Waals surface area contributed by atoms with Gasteiger partial charge in [0.1, 0.15) is 12.6 Å². The Balaban J connectivity index is 1.14. The zero-order valence-electron chi connectivity index (χ0n) is 26.7. The van der Waals surface area contributed by atoms with E-state index >= 15 is 0 Å². The van der Waals surface area contributed by atoms with Crippen LogP contribution in [-0.4, -0.2) is 132 Å². The maximum Gasteiger partial charge on any atom is 0.409 e. The number of nitrogens with one attached hydrogen (secondary N) is 2. The lowest BCUT2D eigenvalue weighted by Gasteiger charge is -2.34. The molecule has 1 aromatic heterocycles. The Labute approximate surface area is 273 Å². The molecule has 2 aliphatic heterocycles. The number of nitrogens with zero attached hydrogens (tertiary/aromatic N) is 5. The Morgan fingerprint density at radius 1 is 0.894 bits per heavy atom. The van der Waals surface area contributed by atoms with Gasteiger partial charge in [0.05, 0.1) is 18.8 Å². The quantitative estimate of drug-likeness (QED) is 0.300. The predicted octanol–water partition coefficient (Wildman–Crippen LogP) is 0.958. The summed E-state index contributed by atoms with van der Waals surface area (Å²) in [5, 5.41) is 10.1. The van der Waals surface area contributed by atoms with Gasteiger partial charge in [-0.2, -0.15) is 5.10 Å². The van der Waals surface area contributed by atoms with Crippen LogP contribution in [0.5, 0.6) is 5.88 Å². The van der Waals surface area contributed by atoms with Crippen molar-refractivity contribution < 1.29 is 38.2 Å². The van der Waals surface area contributed by atoms with E-state index in [4.69, 9.17) is 14.2 Å². The highest BCUT2D eigenvalue weighted by molar-refractivity contribution is 5.95. The maximum absolute atomic E-state index is 13.2. The van der Waals surface area contributed by atoms with Crippen LogP contribution in [0.4, 0.5) is 4.79 Å². The standard InChI is InChI=1S/C32H43N7O8/c1-2-45-18-19-46-32(44)37-16-14-36(15-17-37)27(40)21-33-30(42)25-20-29(39(35-25)24-10-4-3-5-11-24)47-22-28(41)38-13-7-12-26(38)31(43)34-23-8-6-9-23/h3-5,10-11,20,23,26H,2,6-9,12-19,21-22H2,1H3,(H,33,42)(H,34,43). The first-order valence-electron chi connectivity index (χ1n) is 16.3. The topological polar surface area (TPSA) is 165 Å². The minimum Gasteiger partial charge on any atom is -0.467 e. The first-order chi connectivity index (χ1) is 22.8. The van der Waals surface area contributed by atoms with Crippen molar-refractivity contribution in [1.82, 2.24) is 35.1 Å². The lowest BCUT2D eigenvalue weighted by Crippen LogP contribution is -2.52. The molecule has 1 atom stereocenters. The van der Waals surface area contributed by atoms with Crippen LogP contribution in [0.3, 0.4) is 0 Å². The molecule has 5 rings (SSSR count). The van der Waals surface area contributed by atoms with Gasteiger partial charge in [0, 0.05) is 51.4 Å². The molecule has 1 aromatic carbocycles. The molecule has 254 valence electrons. The fourth-order valence-corrected chi connectivity index (χ4v) is 5.66. The third kappa shape index (κ3) is 8.78. The largest absolute Gasteiger partial charge is 0.467 e. The summed E-state index contributed by atoms with van der Waals surface area (Å²) in [5.74, 6) is -1.17. The van der Waals surface area contributed by atoms with E-state index in [0.717, 1.165) is 25.7 Å². The second-order valence-corrected chi connectivity index (χ2v) is 11.6. The fraction of sp³-hybridized carbons (Fsp3) is 0.562. The van der Waals surface area contributed by atoms with Crippen LogP contribution < -0.4 is 15.4 Å². The van der Waals surface area contributed by atoms with Gasteiger partial charge in [0.2, 0.25) is 17.7 Å². The van der Waals surface area contributed by atoms with Crippen molar-refractivity contribution in [2.75, 3.05) is 65.7 Å². The van der Waals surface area contributed by atoms with Gasteiger partial charge in [-0.15, -0.1) is 0 Å². The number of carbonyl (C=O) groups is 5. The summed E-state index contributed by atoms with van der Waals surface area (Å²) in [6.07, 6.45) is 3.92. The van der Waals surface area contributed by atoms with Gasteiger partial charge >= 0.3 is 6.09 Å². The van der Waals surface area contributed by atoms with Crippen molar-refractivity contribution in [3.05, 3.63) is 42.1 Å². The molecule has 5 amide bonds. The molecule has 0 spiro atoms. The minimum atomic E-state index is -0.590. The Hall–Kier alpha value is -4.66. The van der Waals surface area contributed by atoms with Crippen LogP contribution in [-0.2, 0) is 23.9 Å². The molecule has 1 aliphatic carbocycles. The van der Waals surface area contributed by atoms with Crippen LogP contribution in [0, 0.1) is 0 Å². The van der Waals surface area contributed by atoms with Crippen LogP contribution in [0.25, 0.3) is 5.69 Å². The summed E-state index contributed by atoms with van der Waals surface area (Å²) in [4.78, 5) is 68.8. The Morgan fingerprint density at radius 2 is 1.64 bits per heavy atom. The van der Waals surface area contributed by atoms with Gasteiger partial charge in [-0.25, -0.2) is 9.48 Å². The monoisotopic (exact) mass is 653 g/mol. The molecule has 15 nitrogen and oxygen atoms in total. The van der Waals surface area contributed by atoms with Crippen molar-refractivity contribution in [2.45, 2.75) is 51.1 Å². The van der Waals surface area contributed by atoms with E-state index in [9.17, 15) is 24.0 Å². The highest BCUT2D eigenvalue weighted by Gasteiger charge is 2.36. The molecule has 0 radical (unpaired) electrons. The third-order valence-corrected chi connectivity index (χ3v) is 8.53. The number of rotatable bonds is 13. The lowest BCUT2D eigenvalue weighted by atomic mass is 9.93. The number of amides is 5. The zero-order chi connectivity index (χ0) is 33.2. The van der Waals surface area contributed by atoms with Gasteiger partial charge in [0.25, 0.3) is 11.8 Å². The first-order valence-corrected chi connectivity index (χ1v) is 16.3. The normalized spacial score (nSPS) is 18.0. The van der Waals surface area contributed by atoms with Crippen molar-refractivity contribution in [3.63, 3.8) is 0 Å². The SMILES string of the molecule is CCOCCOC(=O)N1CCN(C(=O)CNC(=O)c2cc(OCC(=O)N3CCCC3C(=O)NC3CCC3)n(-c3ccccc3)n2)CC1. The zero-order valence-corrected chi connectivity index (χ0v) is 26.7. The van der Waals surface area contributed by atoms with Crippen LogP contribution in [0.2, 0.25) is 0 Å². The van der Waals surface area contributed by atoms with E-state index in [0.29, 0.717) is 58.0 Å². The van der Waals surface area contributed by atoms with Gasteiger partial charge in [-0.3, -0.25) is 19.2 Å². The van der Waals surface area contributed by atoms with Gasteiger partial charge in [-0.05, 0) is 51.2 Å². The average molecular weight is 654 g/mol. The summed E-state index contributed by atoms with van der Waals surface area (Å²) in [7, 11) is 0. The maximum atomic E-state index is 13.2. The van der Waals surface area contributed by atoms with Crippen molar-refractivity contribution >= 4 is 29.7 Å². The number of para-hydroxylation sites is 1. The molecule has 47 heavy (non-hydrogen) atoms. The molecule has 15 heteroatoms. The average Bonchev–Trinajstić information content (AvgIpc) is 3.75. The number of hydrogen-bond acceptors (Lipinski definition) is 9. The smallest absolute Gasteiger partial charge is 0.409 e. The molecule has 3 fully saturated rings. The summed E-state index contributed by atoms with van der Waals surface area (Å²) >= 11 is 0. The van der Waals surface area contributed by atoms with Crippen LogP contribution in [0.15, 0.2) is 36.4 Å². The Morgan fingerprint density at radius 3 is 2.34 bits per heavy atom.